The largest absolute Gasteiger partial charge is 0.508 e. The number of nitrogens with one attached hydrogen (secondary N) is 1. The van der Waals surface area contributed by atoms with Crippen LogP contribution in [-0.4, -0.2) is 98.3 Å². The molecule has 4 N–H and O–H groups in total. The van der Waals surface area contributed by atoms with Crippen molar-refractivity contribution in [2.24, 2.45) is 0 Å². The van der Waals surface area contributed by atoms with E-state index in [1.54, 1.807) is 32.6 Å². The Morgan fingerprint density at radius 3 is 2.58 bits per heavy atom. The van der Waals surface area contributed by atoms with E-state index in [1.807, 2.05) is 81.8 Å². The Balaban J connectivity index is 0.820. The van der Waals surface area contributed by atoms with Crippen LogP contribution in [-0.2, 0) is 41.2 Å². The average molecular weight is 895 g/mol. The van der Waals surface area contributed by atoms with Crippen LogP contribution in [0.15, 0.2) is 76.4 Å². The number of benzene rings is 3. The van der Waals surface area contributed by atoms with Gasteiger partial charge in [0.2, 0.25) is 5.91 Å². The van der Waals surface area contributed by atoms with Gasteiger partial charge in [-0.15, -0.1) is 0 Å². The number of aliphatic hydroxyl groups is 1. The van der Waals surface area contributed by atoms with Gasteiger partial charge in [0.25, 0.3) is 5.56 Å². The van der Waals surface area contributed by atoms with Crippen LogP contribution < -0.4 is 16.0 Å². The van der Waals surface area contributed by atoms with Crippen LogP contribution in [0.4, 0.5) is 4.79 Å². The molecule has 2 amide bonds. The summed E-state index contributed by atoms with van der Waals surface area (Å²) in [6.07, 6.45) is 2.35. The summed E-state index contributed by atoms with van der Waals surface area (Å²) in [6, 6.07) is 17.0. The van der Waals surface area contributed by atoms with Crippen molar-refractivity contribution in [1.29, 1.82) is 0 Å². The number of rotatable bonds is 8. The monoisotopic (exact) mass is 894 g/mol. The molecule has 10 rings (SSSR count). The molecule has 17 nitrogen and oxygen atoms in total. The molecular formula is C49H50N8O9. The summed E-state index contributed by atoms with van der Waals surface area (Å²) in [5.41, 5.74) is 5.30. The third-order valence-corrected chi connectivity index (χ3v) is 13.6. The molecule has 17 heteroatoms. The number of hydrogen-bond donors (Lipinski definition) is 4. The highest BCUT2D eigenvalue weighted by molar-refractivity contribution is 5.90. The summed E-state index contributed by atoms with van der Waals surface area (Å²) in [5.74, 6) is 0.111. The Bertz CT molecular complexity index is 3270. The number of aromatic amines is 1. The number of aromatic hydroxyl groups is 2. The zero-order chi connectivity index (χ0) is 46.3. The zero-order valence-electron chi connectivity index (χ0n) is 37.3. The van der Waals surface area contributed by atoms with Crippen molar-refractivity contribution >= 4 is 33.8 Å². The molecule has 3 aliphatic rings. The number of carbonyl (C=O) groups is 2. The minimum absolute atomic E-state index is 0.0473. The quantitative estimate of drug-likeness (QED) is 0.142. The van der Waals surface area contributed by atoms with Crippen molar-refractivity contribution in [3.63, 3.8) is 0 Å². The topological polar surface area (TPSA) is 210 Å². The standard InChI is InChI=1S/C49H50N8O9/c1-6-31-33-17-30(9-10-38(33)50-44-35(31)22-56-40(44)19-37-36(46(56)61)24-65-25-49(37,64)7-2)66-48(63)55-15-14-54(21-27(55)5)43(60)23-53-13-12-28-16-29(8-11-39(28)53)57-45(51-52-47(57)62)34-18-32(26(3)4)41(58)20-42(34)59/h8-13,16-20,26-27,58-59,64H,6-7,14-15,21-25H2,1-5H3,(H,52,62). The van der Waals surface area contributed by atoms with Crippen molar-refractivity contribution in [2.75, 3.05) is 26.2 Å². The number of aromatic nitrogens is 6. The van der Waals surface area contributed by atoms with Crippen molar-refractivity contribution < 1.29 is 34.4 Å². The molecule has 0 saturated carbocycles. The van der Waals surface area contributed by atoms with Gasteiger partial charge >= 0.3 is 11.8 Å². The Morgan fingerprint density at radius 2 is 1.82 bits per heavy atom. The van der Waals surface area contributed by atoms with Crippen molar-refractivity contribution in [1.82, 2.24) is 38.7 Å². The first-order chi connectivity index (χ1) is 31.7. The van der Waals surface area contributed by atoms with Gasteiger partial charge in [0.1, 0.15) is 29.4 Å². The highest BCUT2D eigenvalue weighted by atomic mass is 16.6. The van der Waals surface area contributed by atoms with Crippen LogP contribution in [0.3, 0.4) is 0 Å². The van der Waals surface area contributed by atoms with Gasteiger partial charge < -0.3 is 43.7 Å². The van der Waals surface area contributed by atoms with Gasteiger partial charge in [0.05, 0.1) is 47.9 Å². The van der Waals surface area contributed by atoms with Gasteiger partial charge in [-0.05, 0) is 97.0 Å². The first kappa shape index (κ1) is 42.7. The zero-order valence-corrected chi connectivity index (χ0v) is 37.3. The lowest BCUT2D eigenvalue weighted by molar-refractivity contribution is -0.134. The minimum atomic E-state index is -1.25. The van der Waals surface area contributed by atoms with Gasteiger partial charge in [0.15, 0.2) is 5.82 Å². The van der Waals surface area contributed by atoms with E-state index in [0.29, 0.717) is 77.5 Å². The highest BCUT2D eigenvalue weighted by Gasteiger charge is 2.39. The molecule has 66 heavy (non-hydrogen) atoms. The predicted octanol–water partition coefficient (Wildman–Crippen LogP) is 5.88. The number of H-pyrrole nitrogens is 1. The number of carbonyl (C=O) groups excluding carboxylic acids is 2. The number of aryl methyl sites for hydroxylation is 1. The maximum atomic E-state index is 13.8. The number of hydrogen-bond acceptors (Lipinski definition) is 11. The lowest BCUT2D eigenvalue weighted by atomic mass is 9.86. The molecule has 3 aromatic carbocycles. The molecule has 3 aliphatic heterocycles. The number of phenols is 2. The van der Waals surface area contributed by atoms with E-state index < -0.39 is 17.4 Å². The molecule has 0 spiro atoms. The fraction of sp³-hybridized carbons (Fsp3) is 0.347. The van der Waals surface area contributed by atoms with Crippen molar-refractivity contribution in [3.05, 3.63) is 116 Å². The summed E-state index contributed by atoms with van der Waals surface area (Å²) < 4.78 is 16.5. The van der Waals surface area contributed by atoms with Crippen LogP contribution >= 0.6 is 0 Å². The summed E-state index contributed by atoms with van der Waals surface area (Å²) in [4.78, 5) is 62.7. The molecule has 7 heterocycles. The molecule has 2 atom stereocenters. The lowest BCUT2D eigenvalue weighted by Crippen LogP contribution is -2.56. The van der Waals surface area contributed by atoms with E-state index in [1.165, 1.54) is 10.6 Å². The number of nitrogens with zero attached hydrogens (tertiary/aromatic N) is 7. The Hall–Kier alpha value is -7.24. The second kappa shape index (κ2) is 16.0. The second-order valence-electron chi connectivity index (χ2n) is 17.8. The first-order valence-corrected chi connectivity index (χ1v) is 22.3. The maximum absolute atomic E-state index is 13.8. The van der Waals surface area contributed by atoms with Gasteiger partial charge in [-0.2, -0.15) is 5.10 Å². The highest BCUT2D eigenvalue weighted by Crippen LogP contribution is 2.41. The number of phenolic OH excluding ortho intramolecular Hbond substituents is 2. The van der Waals surface area contributed by atoms with Crippen molar-refractivity contribution in [2.45, 2.75) is 84.7 Å². The van der Waals surface area contributed by atoms with Crippen LogP contribution in [0.5, 0.6) is 17.2 Å². The van der Waals surface area contributed by atoms with Gasteiger partial charge in [-0.3, -0.25) is 9.59 Å². The molecule has 7 aromatic rings. The van der Waals surface area contributed by atoms with E-state index in [4.69, 9.17) is 14.5 Å². The molecule has 4 aromatic heterocycles. The number of piperazine rings is 1. The number of amides is 2. The van der Waals surface area contributed by atoms with E-state index in [9.17, 15) is 34.5 Å². The normalized spacial score (nSPS) is 18.0. The van der Waals surface area contributed by atoms with Gasteiger partial charge in [0, 0.05) is 65.4 Å². The molecule has 2 unspecified atom stereocenters. The second-order valence-corrected chi connectivity index (χ2v) is 17.8. The summed E-state index contributed by atoms with van der Waals surface area (Å²) >= 11 is 0. The number of fused-ring (bicyclic) bond motifs is 6. The molecule has 0 bridgehead atoms. The fourth-order valence-corrected chi connectivity index (χ4v) is 9.92. The van der Waals surface area contributed by atoms with Gasteiger partial charge in [-0.1, -0.05) is 27.7 Å². The average Bonchev–Trinajstić information content (AvgIpc) is 4.00. The predicted molar refractivity (Wildman–Crippen MR) is 245 cm³/mol. The smallest absolute Gasteiger partial charge is 0.415 e. The third-order valence-electron chi connectivity index (χ3n) is 13.6. The summed E-state index contributed by atoms with van der Waals surface area (Å²) in [5, 5.41) is 40.8. The SMILES string of the molecule is CCc1c2c(nc3ccc(OC(=O)N4CCN(C(=O)Cn5ccc6cc(-n7c(-c8cc(C(C)C)c(O)cc8O)n[nH]c7=O)ccc65)CC4C)cc13)-c1cc3c(c(=O)n1C2)COCC3(O)CC. The molecule has 0 aliphatic carbocycles. The van der Waals surface area contributed by atoms with E-state index >= 15 is 0 Å². The van der Waals surface area contributed by atoms with Crippen LogP contribution in [0, 0.1) is 0 Å². The number of pyridine rings is 2. The fourth-order valence-electron chi connectivity index (χ4n) is 9.92. The van der Waals surface area contributed by atoms with E-state index in [2.05, 4.69) is 10.2 Å². The first-order valence-electron chi connectivity index (χ1n) is 22.3. The van der Waals surface area contributed by atoms with Crippen LogP contribution in [0.2, 0.25) is 0 Å². The Morgan fingerprint density at radius 1 is 1.00 bits per heavy atom. The molecular weight excluding hydrogens is 845 g/mol. The third kappa shape index (κ3) is 6.91. The number of ether oxygens (including phenoxy) is 2. The molecule has 1 fully saturated rings. The lowest BCUT2D eigenvalue weighted by Gasteiger charge is -2.39. The van der Waals surface area contributed by atoms with Crippen molar-refractivity contribution in [3.8, 4) is 45.7 Å². The van der Waals surface area contributed by atoms with Crippen LogP contribution in [0.1, 0.15) is 74.8 Å². The molecule has 340 valence electrons. The van der Waals surface area contributed by atoms with Gasteiger partial charge in [-0.25, -0.2) is 24.2 Å². The maximum Gasteiger partial charge on any atom is 0.415 e. The summed E-state index contributed by atoms with van der Waals surface area (Å²) in [7, 11) is 0. The molecule has 0 radical (unpaired) electrons. The Labute approximate surface area is 378 Å². The molecule has 1 saturated heterocycles. The van der Waals surface area contributed by atoms with Crippen LogP contribution in [0.25, 0.3) is 50.3 Å². The summed E-state index contributed by atoms with van der Waals surface area (Å²) in [6.45, 7) is 11.2. The Kier molecular flexibility index (Phi) is 10.4. The minimum Gasteiger partial charge on any atom is -0.508 e. The van der Waals surface area contributed by atoms with E-state index in [0.717, 1.165) is 27.4 Å². The van der Waals surface area contributed by atoms with E-state index in [-0.39, 0.29) is 72.6 Å².